The number of rotatable bonds is 5. The van der Waals surface area contributed by atoms with Crippen molar-refractivity contribution in [3.8, 4) is 10.6 Å². The summed E-state index contributed by atoms with van der Waals surface area (Å²) in [5.74, 6) is 0.0186. The van der Waals surface area contributed by atoms with Crippen LogP contribution in [-0.4, -0.2) is 15.9 Å². The predicted molar refractivity (Wildman–Crippen MR) is 111 cm³/mol. The first-order valence-electron chi connectivity index (χ1n) is 8.86. The van der Waals surface area contributed by atoms with Crippen LogP contribution < -0.4 is 5.32 Å². The van der Waals surface area contributed by atoms with Gasteiger partial charge in [-0.3, -0.25) is 4.79 Å². The van der Waals surface area contributed by atoms with E-state index in [1.807, 2.05) is 67.6 Å². The first-order valence-corrected chi connectivity index (χ1v) is 9.68. The number of anilines is 1. The second-order valence-corrected chi connectivity index (χ2v) is 7.34. The molecule has 134 valence electrons. The monoisotopic (exact) mass is 373 g/mol. The minimum absolute atomic E-state index is 0.0186. The van der Waals surface area contributed by atoms with E-state index in [-0.39, 0.29) is 5.91 Å². The SMILES string of the molecule is Cc1c(NC(=O)CCc2ccccc2)cccc1-c1nc2cccnc2s1. The average Bonchev–Trinajstić information content (AvgIpc) is 3.13. The van der Waals surface area contributed by atoms with Gasteiger partial charge in [-0.05, 0) is 42.7 Å². The van der Waals surface area contributed by atoms with Gasteiger partial charge in [-0.15, -0.1) is 0 Å². The summed E-state index contributed by atoms with van der Waals surface area (Å²) >= 11 is 1.56. The van der Waals surface area contributed by atoms with Crippen LogP contribution in [0, 0.1) is 6.92 Å². The van der Waals surface area contributed by atoms with Gasteiger partial charge in [-0.2, -0.15) is 0 Å². The molecule has 0 spiro atoms. The molecule has 0 radical (unpaired) electrons. The molecule has 4 nitrogen and oxygen atoms in total. The van der Waals surface area contributed by atoms with Gasteiger partial charge in [0.25, 0.3) is 0 Å². The van der Waals surface area contributed by atoms with E-state index in [2.05, 4.69) is 15.3 Å². The quantitative estimate of drug-likeness (QED) is 0.521. The number of pyridine rings is 1. The lowest BCUT2D eigenvalue weighted by Crippen LogP contribution is -2.13. The number of carbonyl (C=O) groups is 1. The lowest BCUT2D eigenvalue weighted by molar-refractivity contribution is -0.116. The van der Waals surface area contributed by atoms with Crippen LogP contribution in [0.1, 0.15) is 17.5 Å². The molecule has 4 aromatic rings. The summed E-state index contributed by atoms with van der Waals surface area (Å²) in [6, 6.07) is 19.8. The van der Waals surface area contributed by atoms with Crippen molar-refractivity contribution in [2.75, 3.05) is 5.32 Å². The molecule has 0 unspecified atom stereocenters. The summed E-state index contributed by atoms with van der Waals surface area (Å²) in [5.41, 5.74) is 4.94. The Hall–Kier alpha value is -3.05. The zero-order valence-electron chi connectivity index (χ0n) is 15.0. The lowest BCUT2D eigenvalue weighted by Gasteiger charge is -2.11. The van der Waals surface area contributed by atoms with Crippen molar-refractivity contribution in [2.45, 2.75) is 19.8 Å². The summed E-state index contributed by atoms with van der Waals surface area (Å²) < 4.78 is 0. The average molecular weight is 373 g/mol. The second-order valence-electron chi connectivity index (χ2n) is 6.36. The van der Waals surface area contributed by atoms with Crippen molar-refractivity contribution < 1.29 is 4.79 Å². The van der Waals surface area contributed by atoms with E-state index < -0.39 is 0 Å². The van der Waals surface area contributed by atoms with Crippen LogP contribution in [0.25, 0.3) is 20.9 Å². The Kier molecular flexibility index (Phi) is 4.94. The van der Waals surface area contributed by atoms with Gasteiger partial charge < -0.3 is 5.32 Å². The van der Waals surface area contributed by atoms with Gasteiger partial charge in [0, 0.05) is 23.9 Å². The van der Waals surface area contributed by atoms with Gasteiger partial charge in [0.15, 0.2) is 0 Å². The summed E-state index contributed by atoms with van der Waals surface area (Å²) in [4.78, 5) is 22.4. The van der Waals surface area contributed by atoms with E-state index in [1.54, 1.807) is 17.5 Å². The smallest absolute Gasteiger partial charge is 0.224 e. The van der Waals surface area contributed by atoms with Crippen molar-refractivity contribution >= 4 is 33.3 Å². The molecule has 0 saturated heterocycles. The molecule has 2 heterocycles. The molecule has 0 atom stereocenters. The fourth-order valence-electron chi connectivity index (χ4n) is 3.00. The zero-order chi connectivity index (χ0) is 18.6. The van der Waals surface area contributed by atoms with Crippen LogP contribution in [-0.2, 0) is 11.2 Å². The minimum atomic E-state index is 0.0186. The van der Waals surface area contributed by atoms with Crippen LogP contribution >= 0.6 is 11.3 Å². The van der Waals surface area contributed by atoms with Gasteiger partial charge in [0.2, 0.25) is 5.91 Å². The number of thiazole rings is 1. The van der Waals surface area contributed by atoms with Gasteiger partial charge in [0.05, 0.1) is 0 Å². The number of nitrogens with zero attached hydrogens (tertiary/aromatic N) is 2. The molecule has 2 aromatic heterocycles. The maximum atomic E-state index is 12.4. The number of aromatic nitrogens is 2. The van der Waals surface area contributed by atoms with Crippen molar-refractivity contribution in [3.63, 3.8) is 0 Å². The van der Waals surface area contributed by atoms with Gasteiger partial charge in [0.1, 0.15) is 15.4 Å². The van der Waals surface area contributed by atoms with Crippen molar-refractivity contribution in [2.24, 2.45) is 0 Å². The Labute approximate surface area is 161 Å². The molecule has 1 amide bonds. The number of fused-ring (bicyclic) bond motifs is 1. The van der Waals surface area contributed by atoms with Gasteiger partial charge >= 0.3 is 0 Å². The van der Waals surface area contributed by atoms with Gasteiger partial charge in [-0.25, -0.2) is 9.97 Å². The summed E-state index contributed by atoms with van der Waals surface area (Å²) in [5, 5.41) is 3.96. The van der Waals surface area contributed by atoms with E-state index in [0.29, 0.717) is 6.42 Å². The molecule has 0 aliphatic rings. The number of amides is 1. The number of hydrogen-bond donors (Lipinski definition) is 1. The van der Waals surface area contributed by atoms with Crippen LogP contribution in [0.15, 0.2) is 66.9 Å². The van der Waals surface area contributed by atoms with Crippen LogP contribution in [0.5, 0.6) is 0 Å². The summed E-state index contributed by atoms with van der Waals surface area (Å²) in [7, 11) is 0. The first kappa shape index (κ1) is 17.4. The van der Waals surface area contributed by atoms with Crippen LogP contribution in [0.4, 0.5) is 5.69 Å². The Morgan fingerprint density at radius 1 is 1.04 bits per heavy atom. The molecule has 0 aliphatic heterocycles. The molecule has 5 heteroatoms. The fraction of sp³-hybridized carbons (Fsp3) is 0.136. The van der Waals surface area contributed by atoms with E-state index in [9.17, 15) is 4.79 Å². The molecule has 4 rings (SSSR count). The topological polar surface area (TPSA) is 54.9 Å². The highest BCUT2D eigenvalue weighted by molar-refractivity contribution is 7.21. The fourth-order valence-corrected chi connectivity index (χ4v) is 3.99. The molecule has 1 N–H and O–H groups in total. The van der Waals surface area contributed by atoms with E-state index >= 15 is 0 Å². The third kappa shape index (κ3) is 3.88. The summed E-state index contributed by atoms with van der Waals surface area (Å²) in [6.07, 6.45) is 2.97. The first-order chi connectivity index (χ1) is 13.2. The third-order valence-electron chi connectivity index (χ3n) is 4.49. The Morgan fingerprint density at radius 3 is 2.70 bits per heavy atom. The number of carbonyl (C=O) groups excluding carboxylic acids is 1. The largest absolute Gasteiger partial charge is 0.326 e. The molecular weight excluding hydrogens is 354 g/mol. The Balaban J connectivity index is 1.52. The zero-order valence-corrected chi connectivity index (χ0v) is 15.8. The Morgan fingerprint density at radius 2 is 1.89 bits per heavy atom. The Bertz CT molecular complexity index is 1060. The van der Waals surface area contributed by atoms with E-state index in [0.717, 1.165) is 38.6 Å². The number of nitrogens with one attached hydrogen (secondary N) is 1. The second kappa shape index (κ2) is 7.68. The number of benzene rings is 2. The highest BCUT2D eigenvalue weighted by Gasteiger charge is 2.13. The standard InChI is InChI=1S/C22H19N3OS/c1-15-17(21-25-19-11-6-14-23-22(19)27-21)9-5-10-18(15)24-20(26)13-12-16-7-3-2-4-8-16/h2-11,14H,12-13H2,1H3,(H,24,26). The van der Waals surface area contributed by atoms with E-state index in [1.165, 1.54) is 5.56 Å². The van der Waals surface area contributed by atoms with E-state index in [4.69, 9.17) is 0 Å². The van der Waals surface area contributed by atoms with Gasteiger partial charge in [-0.1, -0.05) is 53.8 Å². The lowest BCUT2D eigenvalue weighted by atomic mass is 10.1. The maximum Gasteiger partial charge on any atom is 0.224 e. The molecule has 0 saturated carbocycles. The molecule has 27 heavy (non-hydrogen) atoms. The number of hydrogen-bond acceptors (Lipinski definition) is 4. The highest BCUT2D eigenvalue weighted by Crippen LogP contribution is 2.33. The van der Waals surface area contributed by atoms with Crippen molar-refractivity contribution in [3.05, 3.63) is 78.0 Å². The molecule has 0 bridgehead atoms. The highest BCUT2D eigenvalue weighted by atomic mass is 32.1. The molecule has 0 aliphatic carbocycles. The predicted octanol–water partition coefficient (Wildman–Crippen LogP) is 5.24. The number of aryl methyl sites for hydroxylation is 1. The van der Waals surface area contributed by atoms with Crippen molar-refractivity contribution in [1.82, 2.24) is 9.97 Å². The molecule has 2 aromatic carbocycles. The van der Waals surface area contributed by atoms with Crippen LogP contribution in [0.2, 0.25) is 0 Å². The normalized spacial score (nSPS) is 10.9. The summed E-state index contributed by atoms with van der Waals surface area (Å²) in [6.45, 7) is 2.02. The molecule has 0 fully saturated rings. The third-order valence-corrected chi connectivity index (χ3v) is 5.50. The molecular formula is C22H19N3OS. The minimum Gasteiger partial charge on any atom is -0.326 e. The van der Waals surface area contributed by atoms with Crippen LogP contribution in [0.3, 0.4) is 0 Å². The van der Waals surface area contributed by atoms with Crippen molar-refractivity contribution in [1.29, 1.82) is 0 Å². The maximum absolute atomic E-state index is 12.4.